The van der Waals surface area contributed by atoms with E-state index in [1.54, 1.807) is 0 Å². The number of azide groups is 1. The lowest BCUT2D eigenvalue weighted by Crippen LogP contribution is -2.53. The number of carbonyl (C=O) groups is 2. The van der Waals surface area contributed by atoms with Gasteiger partial charge < -0.3 is 16.0 Å². The summed E-state index contributed by atoms with van der Waals surface area (Å²) in [5, 5.41) is 11.3. The van der Waals surface area contributed by atoms with Gasteiger partial charge in [0.15, 0.2) is 5.82 Å². The van der Waals surface area contributed by atoms with Gasteiger partial charge in [0.25, 0.3) is 0 Å². The van der Waals surface area contributed by atoms with Crippen LogP contribution in [0.2, 0.25) is 10.0 Å². The number of halogens is 3. The molecule has 0 aromatic heterocycles. The molecule has 2 aromatic carbocycles. The Hall–Kier alpha value is -2.84. The highest BCUT2D eigenvalue weighted by Crippen LogP contribution is 2.30. The second kappa shape index (κ2) is 10.5. The third-order valence-electron chi connectivity index (χ3n) is 4.90. The van der Waals surface area contributed by atoms with E-state index >= 15 is 0 Å². The summed E-state index contributed by atoms with van der Waals surface area (Å²) >= 11 is 11.5. The topological polar surface area (TPSA) is 119 Å². The first-order chi connectivity index (χ1) is 14.9. The molecule has 2 atom stereocenters. The monoisotopic (exact) mass is 464 g/mol. The number of anilines is 1. The number of carbonyl (C=O) groups excluding carboxylic acids is 2. The van der Waals surface area contributed by atoms with E-state index in [4.69, 9.17) is 28.7 Å². The molecule has 1 aliphatic heterocycles. The van der Waals surface area contributed by atoms with E-state index in [2.05, 4.69) is 26.0 Å². The van der Waals surface area contributed by atoms with E-state index in [9.17, 15) is 14.0 Å². The highest BCUT2D eigenvalue weighted by Gasteiger charge is 2.28. The SMILES string of the molecule is [N-]=[N+]=NCC[C@H](NC(=O)[C@@H]1Cc2ccccc2CN1)C(=O)Nc1ccc(Cl)c(Cl)c1F. The van der Waals surface area contributed by atoms with Crippen molar-refractivity contribution in [2.75, 3.05) is 11.9 Å². The third kappa shape index (κ3) is 5.65. The largest absolute Gasteiger partial charge is 0.343 e. The predicted octanol–water partition coefficient (Wildman–Crippen LogP) is 3.97. The molecule has 1 aliphatic rings. The van der Waals surface area contributed by atoms with Gasteiger partial charge in [0.2, 0.25) is 11.8 Å². The van der Waals surface area contributed by atoms with Gasteiger partial charge in [0.05, 0.1) is 21.8 Å². The zero-order valence-corrected chi connectivity index (χ0v) is 17.8. The molecule has 0 bridgehead atoms. The van der Waals surface area contributed by atoms with Crippen LogP contribution in [0.4, 0.5) is 10.1 Å². The van der Waals surface area contributed by atoms with Crippen LogP contribution in [0.5, 0.6) is 0 Å². The van der Waals surface area contributed by atoms with Crippen molar-refractivity contribution < 1.29 is 14.0 Å². The van der Waals surface area contributed by atoms with Gasteiger partial charge in [-0.1, -0.05) is 52.6 Å². The quantitative estimate of drug-likeness (QED) is 0.248. The smallest absolute Gasteiger partial charge is 0.247 e. The lowest BCUT2D eigenvalue weighted by molar-refractivity contribution is -0.128. The van der Waals surface area contributed by atoms with Crippen molar-refractivity contribution in [1.29, 1.82) is 0 Å². The predicted molar refractivity (Wildman–Crippen MR) is 116 cm³/mol. The fraction of sp³-hybridized carbons (Fsp3) is 0.300. The van der Waals surface area contributed by atoms with Gasteiger partial charge in [-0.3, -0.25) is 9.59 Å². The van der Waals surface area contributed by atoms with Crippen LogP contribution in [0, 0.1) is 5.82 Å². The molecule has 0 fully saturated rings. The van der Waals surface area contributed by atoms with Gasteiger partial charge in [-0.15, -0.1) is 0 Å². The van der Waals surface area contributed by atoms with Crippen molar-refractivity contribution in [2.24, 2.45) is 5.11 Å². The van der Waals surface area contributed by atoms with Gasteiger partial charge in [0, 0.05) is 18.0 Å². The van der Waals surface area contributed by atoms with Crippen molar-refractivity contribution in [3.63, 3.8) is 0 Å². The van der Waals surface area contributed by atoms with E-state index in [1.807, 2.05) is 24.3 Å². The Kier molecular flexibility index (Phi) is 7.70. The number of amides is 2. The normalized spacial score (nSPS) is 15.9. The lowest BCUT2D eigenvalue weighted by atomic mass is 9.95. The maximum absolute atomic E-state index is 14.3. The van der Waals surface area contributed by atoms with Crippen LogP contribution in [-0.2, 0) is 22.6 Å². The van der Waals surface area contributed by atoms with Crippen LogP contribution in [0.15, 0.2) is 41.5 Å². The van der Waals surface area contributed by atoms with Crippen molar-refractivity contribution in [2.45, 2.75) is 31.5 Å². The van der Waals surface area contributed by atoms with E-state index in [1.165, 1.54) is 12.1 Å². The Balaban J connectivity index is 1.71. The van der Waals surface area contributed by atoms with Crippen LogP contribution in [0.1, 0.15) is 17.5 Å². The average molecular weight is 465 g/mol. The Labute approximate surface area is 187 Å². The fourth-order valence-electron chi connectivity index (χ4n) is 3.25. The molecular weight excluding hydrogens is 446 g/mol. The number of hydrogen-bond acceptors (Lipinski definition) is 4. The summed E-state index contributed by atoms with van der Waals surface area (Å²) in [5.74, 6) is -1.94. The molecule has 162 valence electrons. The third-order valence-corrected chi connectivity index (χ3v) is 5.69. The maximum Gasteiger partial charge on any atom is 0.247 e. The van der Waals surface area contributed by atoms with E-state index in [-0.39, 0.29) is 34.6 Å². The highest BCUT2D eigenvalue weighted by atomic mass is 35.5. The molecule has 2 aromatic rings. The molecule has 0 saturated heterocycles. The second-order valence-corrected chi connectivity index (χ2v) is 7.71. The maximum atomic E-state index is 14.3. The van der Waals surface area contributed by atoms with Crippen molar-refractivity contribution >= 4 is 40.7 Å². The summed E-state index contributed by atoms with van der Waals surface area (Å²) in [6.07, 6.45) is 0.502. The molecule has 3 N–H and O–H groups in total. The summed E-state index contributed by atoms with van der Waals surface area (Å²) in [6, 6.07) is 8.80. The van der Waals surface area contributed by atoms with E-state index in [0.717, 1.165) is 11.1 Å². The Bertz CT molecular complexity index is 1040. The summed E-state index contributed by atoms with van der Waals surface area (Å²) in [5.41, 5.74) is 10.5. The first-order valence-electron chi connectivity index (χ1n) is 9.46. The van der Waals surface area contributed by atoms with Crippen molar-refractivity contribution in [3.8, 4) is 0 Å². The molecule has 11 heteroatoms. The van der Waals surface area contributed by atoms with Gasteiger partial charge in [0.1, 0.15) is 6.04 Å². The van der Waals surface area contributed by atoms with Crippen molar-refractivity contribution in [3.05, 3.63) is 73.8 Å². The summed E-state index contributed by atoms with van der Waals surface area (Å²) in [6.45, 7) is 0.498. The summed E-state index contributed by atoms with van der Waals surface area (Å²) in [7, 11) is 0. The minimum atomic E-state index is -1.05. The number of fused-ring (bicyclic) bond motifs is 1. The van der Waals surface area contributed by atoms with Gasteiger partial charge >= 0.3 is 0 Å². The zero-order valence-electron chi connectivity index (χ0n) is 16.2. The van der Waals surface area contributed by atoms with Crippen LogP contribution in [0.3, 0.4) is 0 Å². The van der Waals surface area contributed by atoms with Crippen molar-refractivity contribution in [1.82, 2.24) is 10.6 Å². The molecule has 3 rings (SSSR count). The molecule has 0 aliphatic carbocycles. The Morgan fingerprint density at radius 3 is 2.74 bits per heavy atom. The van der Waals surface area contributed by atoms with Crippen LogP contribution in [0.25, 0.3) is 10.4 Å². The highest BCUT2D eigenvalue weighted by molar-refractivity contribution is 6.42. The second-order valence-electron chi connectivity index (χ2n) is 6.92. The molecule has 0 radical (unpaired) electrons. The molecule has 8 nitrogen and oxygen atoms in total. The molecular formula is C20H19Cl2FN6O2. The Morgan fingerprint density at radius 1 is 1.26 bits per heavy atom. The summed E-state index contributed by atoms with van der Waals surface area (Å²) < 4.78 is 14.3. The first kappa shape index (κ1) is 22.8. The molecule has 0 saturated carbocycles. The molecule has 31 heavy (non-hydrogen) atoms. The molecule has 2 amide bonds. The first-order valence-corrected chi connectivity index (χ1v) is 10.2. The standard InChI is InChI=1S/C20H19Cl2FN6O2/c21-13-5-6-14(18(23)17(13)22)27-19(30)15(7-8-26-29-24)28-20(31)16-9-11-3-1-2-4-12(11)10-25-16/h1-6,15-16,25H,7-10H2,(H,27,30)(H,28,31)/t15-,16-/m0/s1. The van der Waals surface area contributed by atoms with Crippen LogP contribution in [-0.4, -0.2) is 30.4 Å². The number of benzene rings is 2. The molecule has 0 unspecified atom stereocenters. The van der Waals surface area contributed by atoms with Crippen LogP contribution < -0.4 is 16.0 Å². The fourth-order valence-corrected chi connectivity index (χ4v) is 3.57. The Morgan fingerprint density at radius 2 is 2.00 bits per heavy atom. The van der Waals surface area contributed by atoms with Gasteiger partial charge in [-0.2, -0.15) is 0 Å². The molecule has 0 spiro atoms. The number of nitrogens with one attached hydrogen (secondary N) is 3. The zero-order chi connectivity index (χ0) is 22.4. The minimum absolute atomic E-state index is 0.00836. The van der Waals surface area contributed by atoms with Gasteiger partial charge in [-0.05, 0) is 41.6 Å². The number of hydrogen-bond donors (Lipinski definition) is 3. The lowest BCUT2D eigenvalue weighted by Gasteiger charge is -2.27. The molecule has 1 heterocycles. The van der Waals surface area contributed by atoms with E-state index in [0.29, 0.717) is 13.0 Å². The number of rotatable bonds is 7. The van der Waals surface area contributed by atoms with E-state index < -0.39 is 23.8 Å². The average Bonchev–Trinajstić information content (AvgIpc) is 2.78. The van der Waals surface area contributed by atoms with Crippen LogP contribution >= 0.6 is 23.2 Å². The minimum Gasteiger partial charge on any atom is -0.343 e. The summed E-state index contributed by atoms with van der Waals surface area (Å²) in [4.78, 5) is 28.2. The van der Waals surface area contributed by atoms with Gasteiger partial charge in [-0.25, -0.2) is 4.39 Å². The number of nitrogens with zero attached hydrogens (tertiary/aromatic N) is 3.